The zero-order chi connectivity index (χ0) is 15.6. The van der Waals surface area contributed by atoms with Crippen molar-refractivity contribution < 1.29 is 0 Å². The van der Waals surface area contributed by atoms with E-state index in [1.54, 1.807) is 5.57 Å². The summed E-state index contributed by atoms with van der Waals surface area (Å²) in [6.07, 6.45) is 7.41. The van der Waals surface area contributed by atoms with Gasteiger partial charge in [-0.25, -0.2) is 0 Å². The van der Waals surface area contributed by atoms with E-state index in [0.29, 0.717) is 6.04 Å². The monoisotopic (exact) mass is 309 g/mol. The molecule has 0 radical (unpaired) electrons. The Morgan fingerprint density at radius 1 is 1.14 bits per heavy atom. The third-order valence-corrected chi connectivity index (χ3v) is 5.53. The molecule has 116 valence electrons. The fraction of sp³-hybridized carbons (Fsp3) is 0.500. The van der Waals surface area contributed by atoms with Crippen LogP contribution in [-0.2, 0) is 6.54 Å². The van der Waals surface area contributed by atoms with E-state index in [4.69, 9.17) is 0 Å². The molecule has 2 atom stereocenters. The van der Waals surface area contributed by atoms with E-state index in [1.807, 2.05) is 0 Å². The Balaban J connectivity index is 1.65. The Morgan fingerprint density at radius 3 is 2.59 bits per heavy atom. The predicted octanol–water partition coefficient (Wildman–Crippen LogP) is 4.62. The SMILES string of the molecule is C[Si](C)(C)C#CCC1=CC2CCC(C1)N2Cc1ccccc1. The van der Waals surface area contributed by atoms with E-state index in [-0.39, 0.29) is 0 Å². The topological polar surface area (TPSA) is 3.24 Å². The van der Waals surface area contributed by atoms with Gasteiger partial charge in [-0.3, -0.25) is 4.90 Å². The molecule has 1 aromatic carbocycles. The van der Waals surface area contributed by atoms with Crippen molar-refractivity contribution in [1.82, 2.24) is 4.90 Å². The predicted molar refractivity (Wildman–Crippen MR) is 97.2 cm³/mol. The maximum Gasteiger partial charge on any atom is 0.129 e. The molecule has 22 heavy (non-hydrogen) atoms. The fourth-order valence-corrected chi connectivity index (χ4v) is 4.22. The molecule has 2 heterocycles. The van der Waals surface area contributed by atoms with Gasteiger partial charge in [-0.1, -0.05) is 61.6 Å². The van der Waals surface area contributed by atoms with Crippen LogP contribution in [0.4, 0.5) is 0 Å². The van der Waals surface area contributed by atoms with Gasteiger partial charge in [0.05, 0.1) is 0 Å². The van der Waals surface area contributed by atoms with Crippen molar-refractivity contribution in [3.05, 3.63) is 47.5 Å². The molecule has 3 rings (SSSR count). The van der Waals surface area contributed by atoms with Crippen molar-refractivity contribution in [3.8, 4) is 11.5 Å². The Labute approximate surface area is 136 Å². The molecule has 1 aromatic rings. The maximum absolute atomic E-state index is 3.50. The van der Waals surface area contributed by atoms with Gasteiger partial charge in [-0.2, -0.15) is 0 Å². The normalized spacial score (nSPS) is 24.6. The summed E-state index contributed by atoms with van der Waals surface area (Å²) in [7, 11) is -1.22. The highest BCUT2D eigenvalue weighted by molar-refractivity contribution is 6.83. The van der Waals surface area contributed by atoms with Crippen LogP contribution in [0.1, 0.15) is 31.2 Å². The molecule has 2 unspecified atom stereocenters. The molecule has 0 saturated carbocycles. The second-order valence-electron chi connectivity index (χ2n) is 7.71. The van der Waals surface area contributed by atoms with Crippen molar-refractivity contribution >= 4 is 8.07 Å². The number of hydrogen-bond acceptors (Lipinski definition) is 1. The van der Waals surface area contributed by atoms with Gasteiger partial charge in [0.15, 0.2) is 0 Å². The quantitative estimate of drug-likeness (QED) is 0.447. The van der Waals surface area contributed by atoms with Crippen molar-refractivity contribution in [3.63, 3.8) is 0 Å². The minimum absolute atomic E-state index is 0.641. The van der Waals surface area contributed by atoms with Gasteiger partial charge < -0.3 is 0 Å². The summed E-state index contributed by atoms with van der Waals surface area (Å²) in [5.41, 5.74) is 6.53. The van der Waals surface area contributed by atoms with Gasteiger partial charge in [0.2, 0.25) is 0 Å². The molecule has 0 aromatic heterocycles. The summed E-state index contributed by atoms with van der Waals surface area (Å²) in [4.78, 5) is 2.70. The fourth-order valence-electron chi connectivity index (χ4n) is 3.60. The maximum atomic E-state index is 3.50. The average molecular weight is 310 g/mol. The van der Waals surface area contributed by atoms with E-state index >= 15 is 0 Å². The zero-order valence-electron chi connectivity index (χ0n) is 14.1. The summed E-state index contributed by atoms with van der Waals surface area (Å²) in [5.74, 6) is 3.45. The highest BCUT2D eigenvalue weighted by Crippen LogP contribution is 2.36. The molecular weight excluding hydrogens is 282 g/mol. The molecule has 0 aliphatic carbocycles. The van der Waals surface area contributed by atoms with Crippen LogP contribution < -0.4 is 0 Å². The van der Waals surface area contributed by atoms with Crippen molar-refractivity contribution in [1.29, 1.82) is 0 Å². The van der Waals surface area contributed by atoms with Crippen LogP contribution in [0.5, 0.6) is 0 Å². The van der Waals surface area contributed by atoms with E-state index < -0.39 is 8.07 Å². The lowest BCUT2D eigenvalue weighted by Gasteiger charge is -2.33. The highest BCUT2D eigenvalue weighted by Gasteiger charge is 2.35. The lowest BCUT2D eigenvalue weighted by Crippen LogP contribution is -2.37. The molecular formula is C20H27NSi. The minimum atomic E-state index is -1.22. The van der Waals surface area contributed by atoms with E-state index in [2.05, 4.69) is 72.4 Å². The zero-order valence-corrected chi connectivity index (χ0v) is 15.1. The van der Waals surface area contributed by atoms with Crippen LogP contribution in [0.3, 0.4) is 0 Å². The number of fused-ring (bicyclic) bond motifs is 2. The molecule has 1 saturated heterocycles. The number of benzene rings is 1. The Bertz CT molecular complexity index is 600. The summed E-state index contributed by atoms with van der Waals surface area (Å²) in [6.45, 7) is 8.06. The van der Waals surface area contributed by atoms with E-state index in [1.165, 1.54) is 24.8 Å². The molecule has 0 spiro atoms. The van der Waals surface area contributed by atoms with Crippen LogP contribution in [0.2, 0.25) is 19.6 Å². The molecule has 0 amide bonds. The number of nitrogens with zero attached hydrogens (tertiary/aromatic N) is 1. The summed E-state index contributed by atoms with van der Waals surface area (Å²) in [6, 6.07) is 12.3. The van der Waals surface area contributed by atoms with Crippen LogP contribution in [0.25, 0.3) is 0 Å². The number of hydrogen-bond donors (Lipinski definition) is 0. The lowest BCUT2D eigenvalue weighted by atomic mass is 9.98. The molecule has 1 fully saturated rings. The molecule has 2 aliphatic heterocycles. The van der Waals surface area contributed by atoms with Gasteiger partial charge >= 0.3 is 0 Å². The summed E-state index contributed by atoms with van der Waals surface area (Å²) in [5, 5.41) is 0. The molecule has 1 nitrogen and oxygen atoms in total. The first kappa shape index (κ1) is 15.6. The first-order valence-electron chi connectivity index (χ1n) is 8.50. The average Bonchev–Trinajstić information content (AvgIpc) is 2.70. The second-order valence-corrected chi connectivity index (χ2v) is 12.5. The van der Waals surface area contributed by atoms with Crippen LogP contribution >= 0.6 is 0 Å². The molecule has 0 N–H and O–H groups in total. The Morgan fingerprint density at radius 2 is 1.91 bits per heavy atom. The van der Waals surface area contributed by atoms with E-state index in [9.17, 15) is 0 Å². The first-order valence-corrected chi connectivity index (χ1v) is 12.0. The third kappa shape index (κ3) is 3.91. The molecule has 2 aliphatic rings. The summed E-state index contributed by atoms with van der Waals surface area (Å²) >= 11 is 0. The van der Waals surface area contributed by atoms with Crippen molar-refractivity contribution in [2.75, 3.05) is 0 Å². The van der Waals surface area contributed by atoms with Gasteiger partial charge in [0.25, 0.3) is 0 Å². The Kier molecular flexibility index (Phi) is 4.56. The standard InChI is InChI=1S/C20H27NSi/c1-22(2,3)13-7-10-18-14-19-11-12-20(15-18)21(19)16-17-8-5-4-6-9-17/h4-6,8-9,14,19-20H,10-12,15-16H2,1-3H3. The van der Waals surface area contributed by atoms with Gasteiger partial charge in [0.1, 0.15) is 8.07 Å². The van der Waals surface area contributed by atoms with Gasteiger partial charge in [-0.15, -0.1) is 11.5 Å². The Hall–Kier alpha value is -1.30. The van der Waals surface area contributed by atoms with Crippen molar-refractivity contribution in [2.24, 2.45) is 0 Å². The summed E-state index contributed by atoms with van der Waals surface area (Å²) < 4.78 is 0. The molecule has 2 bridgehead atoms. The van der Waals surface area contributed by atoms with Crippen LogP contribution in [0.15, 0.2) is 42.0 Å². The number of rotatable bonds is 3. The van der Waals surface area contributed by atoms with Crippen LogP contribution in [0, 0.1) is 11.5 Å². The minimum Gasteiger partial charge on any atom is -0.289 e. The molecule has 2 heteroatoms. The lowest BCUT2D eigenvalue weighted by molar-refractivity contribution is 0.195. The highest BCUT2D eigenvalue weighted by atomic mass is 28.3. The van der Waals surface area contributed by atoms with Crippen LogP contribution in [-0.4, -0.2) is 25.1 Å². The van der Waals surface area contributed by atoms with Gasteiger partial charge in [-0.05, 0) is 24.8 Å². The third-order valence-electron chi connectivity index (χ3n) is 4.60. The van der Waals surface area contributed by atoms with E-state index in [0.717, 1.165) is 19.0 Å². The van der Waals surface area contributed by atoms with Gasteiger partial charge in [0, 0.05) is 25.0 Å². The van der Waals surface area contributed by atoms with Crippen molar-refractivity contribution in [2.45, 2.75) is 64.0 Å². The first-order chi connectivity index (χ1) is 10.5. The largest absolute Gasteiger partial charge is 0.289 e. The second kappa shape index (κ2) is 6.44. The smallest absolute Gasteiger partial charge is 0.129 e.